The van der Waals surface area contributed by atoms with Gasteiger partial charge in [-0.25, -0.2) is 61.5 Å². The molecule has 0 atom stereocenters. The third kappa shape index (κ3) is 7.46. The van der Waals surface area contributed by atoms with Gasteiger partial charge in [-0.2, -0.15) is 37.2 Å². The molecule has 3 aromatic heterocycles. The third-order valence-corrected chi connectivity index (χ3v) is 12.9. The number of halogens is 14. The Kier molecular flexibility index (Phi) is 12.1. The highest BCUT2D eigenvalue weighted by molar-refractivity contribution is 7.87. The van der Waals surface area contributed by atoms with E-state index >= 15 is 52.7 Å². The lowest BCUT2D eigenvalue weighted by atomic mass is 9.97. The third-order valence-electron chi connectivity index (χ3n) is 10.7. The van der Waals surface area contributed by atoms with Crippen molar-refractivity contribution in [2.45, 2.75) is 29.6 Å². The van der Waals surface area contributed by atoms with E-state index in [0.717, 1.165) is 6.08 Å². The molecule has 0 saturated carbocycles. The van der Waals surface area contributed by atoms with Gasteiger partial charge in [0.1, 0.15) is 15.5 Å². The summed E-state index contributed by atoms with van der Waals surface area (Å²) in [7, 11) is -11.0. The molecule has 0 spiro atoms. The number of hydrogen-bond donors (Lipinski definition) is 7. The summed E-state index contributed by atoms with van der Waals surface area (Å²) in [5.74, 6) is -24.9. The van der Waals surface area contributed by atoms with Crippen molar-refractivity contribution in [2.75, 3.05) is 11.9 Å². The molecule has 0 aliphatic carbocycles. The molecule has 2 aliphatic rings. The first-order valence-corrected chi connectivity index (χ1v) is 21.8. The quantitative estimate of drug-likeness (QED) is 0.0350. The predicted molar refractivity (Wildman–Crippen MR) is 209 cm³/mol. The van der Waals surface area contributed by atoms with Gasteiger partial charge < -0.3 is 25.6 Å². The zero-order chi connectivity index (χ0) is 50.5. The Morgan fingerprint density at radius 1 is 0.536 bits per heavy atom. The summed E-state index contributed by atoms with van der Waals surface area (Å²) in [5.41, 5.74) is -16.6. The Labute approximate surface area is 375 Å². The molecule has 5 heterocycles. The number of H-pyrrole nitrogens is 3. The van der Waals surface area contributed by atoms with Crippen LogP contribution in [0.1, 0.15) is 47.8 Å². The molecule has 3 aromatic carbocycles. The van der Waals surface area contributed by atoms with Crippen molar-refractivity contribution in [1.29, 1.82) is 0 Å². The van der Waals surface area contributed by atoms with Gasteiger partial charge in [-0.3, -0.25) is 0 Å². The molecular formula is C40H23F14N7O6S2. The van der Waals surface area contributed by atoms with Gasteiger partial charge in [0, 0.05) is 57.5 Å². The maximum Gasteiger partial charge on any atom is 0.314 e. The van der Waals surface area contributed by atoms with Crippen LogP contribution in [0.3, 0.4) is 0 Å². The Balaban J connectivity index is 1.65. The van der Waals surface area contributed by atoms with Crippen molar-refractivity contribution in [3.8, 4) is 11.4 Å². The highest BCUT2D eigenvalue weighted by Crippen LogP contribution is 2.43. The lowest BCUT2D eigenvalue weighted by Gasteiger charge is -2.18. The molecule has 0 radical (unpaired) electrons. The summed E-state index contributed by atoms with van der Waals surface area (Å²) in [4.78, 5) is 4.10. The number of rotatable bonds is 10. The second kappa shape index (κ2) is 17.2. The lowest BCUT2D eigenvalue weighted by Crippen LogP contribution is -2.24. The molecule has 9 N–H and O–H groups in total. The van der Waals surface area contributed by atoms with Crippen LogP contribution < -0.4 is 33.1 Å². The second-order valence-corrected chi connectivity index (χ2v) is 17.7. The van der Waals surface area contributed by atoms with E-state index < -0.39 is 202 Å². The lowest BCUT2D eigenvalue weighted by molar-refractivity contribution is 0.332. The second-order valence-electron chi connectivity index (χ2n) is 14.6. The maximum absolute atomic E-state index is 16.5. The van der Waals surface area contributed by atoms with E-state index in [1.165, 1.54) is 6.92 Å². The van der Waals surface area contributed by atoms with Gasteiger partial charge in [-0.1, -0.05) is 13.0 Å². The van der Waals surface area contributed by atoms with Crippen LogP contribution in [0.2, 0.25) is 0 Å². The standard InChI is InChI=1S/C40H23F14N7O6S2/c1-2-7-57-40-36(53)28(45)23(29(46)37(40)54)20-13-6-5-11(59-13)18(21-24(41)30(47)34(51)31(48)25(21)42)10-3-4-12(58-10)19(22-26(43)32(49)35(52)33(50)27(22)44)14-8-16(68(62,63)66-55)38(60-14)15-9-17(39(20)61-15)69(64,65)67-56/h3,5-6,8-9,57-61H,2,4,7,55-56H2,1H3. The highest BCUT2D eigenvalue weighted by Gasteiger charge is 2.39. The fraction of sp³-hybridized carbons (Fsp3) is 0.100. The topological polar surface area (TPSA) is 210 Å². The van der Waals surface area contributed by atoms with Crippen LogP contribution >= 0.6 is 0 Å². The number of benzene rings is 3. The van der Waals surface area contributed by atoms with Crippen molar-refractivity contribution in [3.63, 3.8) is 0 Å². The Bertz CT molecular complexity index is 3600. The van der Waals surface area contributed by atoms with Gasteiger partial charge in [-0.05, 0) is 30.7 Å². The average Bonchev–Trinajstić information content (AvgIpc) is 4.17. The molecule has 0 fully saturated rings. The Hall–Kier alpha value is -6.92. The molecule has 0 amide bonds. The number of aromatic nitrogens is 3. The molecule has 364 valence electrons. The van der Waals surface area contributed by atoms with E-state index in [0.29, 0.717) is 24.3 Å². The van der Waals surface area contributed by atoms with Crippen LogP contribution in [0.15, 0.2) is 51.5 Å². The number of allylic oxidation sites excluding steroid dienone is 2. The van der Waals surface area contributed by atoms with E-state index in [2.05, 4.69) is 34.2 Å². The van der Waals surface area contributed by atoms with Crippen LogP contribution in [0.25, 0.3) is 28.1 Å². The first kappa shape index (κ1) is 48.5. The van der Waals surface area contributed by atoms with Crippen LogP contribution in [0.4, 0.5) is 67.2 Å². The Morgan fingerprint density at radius 3 is 1.43 bits per heavy atom. The molecule has 69 heavy (non-hydrogen) atoms. The summed E-state index contributed by atoms with van der Waals surface area (Å²) < 4.78 is 280. The minimum atomic E-state index is -5.57. The SMILES string of the molecule is CCCNc1c(F)c(F)c(C2=c3ccc([nH]3)=C(c3c(F)c(F)c(F)c(F)c3F)C3=CCC(=C(c4c(F)c(F)c(F)c(F)c4F)c4cc(S(=O)(=O)ON)c([nH]4)-c4cc(S(=O)(=O)ON)c2[nH]4)N3)c(F)c1F. The van der Waals surface area contributed by atoms with Crippen LogP contribution in [0.5, 0.6) is 0 Å². The number of fused-ring (bicyclic) bond motifs is 9. The molecule has 2 aliphatic heterocycles. The summed E-state index contributed by atoms with van der Waals surface area (Å²) in [5, 5.41) is 2.64. The number of anilines is 1. The normalized spacial score (nSPS) is 14.1. The van der Waals surface area contributed by atoms with Gasteiger partial charge in [0.2, 0.25) is 11.6 Å². The molecule has 0 saturated heterocycles. The van der Waals surface area contributed by atoms with Crippen molar-refractivity contribution in [2.24, 2.45) is 11.8 Å². The van der Waals surface area contributed by atoms with E-state index in [1.807, 2.05) is 0 Å². The number of aromatic amines is 3. The van der Waals surface area contributed by atoms with Gasteiger partial charge >= 0.3 is 20.2 Å². The fourth-order valence-electron chi connectivity index (χ4n) is 7.67. The van der Waals surface area contributed by atoms with Gasteiger partial charge in [0.05, 0.1) is 33.8 Å². The van der Waals surface area contributed by atoms with Crippen LogP contribution in [-0.4, -0.2) is 38.3 Å². The van der Waals surface area contributed by atoms with Gasteiger partial charge in [0.25, 0.3) is 0 Å². The van der Waals surface area contributed by atoms with E-state index in [-0.39, 0.29) is 13.0 Å². The first-order chi connectivity index (χ1) is 32.4. The van der Waals surface area contributed by atoms with Crippen molar-refractivity contribution < 1.29 is 86.9 Å². The monoisotopic (exact) mass is 1030 g/mol. The molecule has 6 aromatic rings. The first-order valence-electron chi connectivity index (χ1n) is 19.0. The van der Waals surface area contributed by atoms with Gasteiger partial charge in [0.15, 0.2) is 69.8 Å². The largest absolute Gasteiger partial charge is 0.380 e. The van der Waals surface area contributed by atoms with E-state index in [4.69, 9.17) is 11.8 Å². The number of nitrogens with two attached hydrogens (primary N) is 2. The number of hydrogen-bond acceptors (Lipinski definition) is 10. The molecule has 13 nitrogen and oxygen atoms in total. The molecular weight excluding hydrogens is 1000 g/mol. The van der Waals surface area contributed by atoms with E-state index in [1.54, 1.807) is 0 Å². The van der Waals surface area contributed by atoms with E-state index in [9.17, 15) is 25.6 Å². The zero-order valence-electron chi connectivity index (χ0n) is 33.7. The van der Waals surface area contributed by atoms with Crippen molar-refractivity contribution in [1.82, 2.24) is 20.3 Å². The molecule has 29 heteroatoms. The van der Waals surface area contributed by atoms with Crippen LogP contribution in [-0.2, 0) is 28.8 Å². The van der Waals surface area contributed by atoms with Crippen molar-refractivity contribution >= 4 is 42.6 Å². The summed E-state index contributed by atoms with van der Waals surface area (Å²) in [6, 6.07) is 2.08. The maximum atomic E-state index is 16.5. The minimum absolute atomic E-state index is 0.138. The predicted octanol–water partition coefficient (Wildman–Crippen LogP) is 6.36. The molecule has 0 unspecified atom stereocenters. The summed E-state index contributed by atoms with van der Waals surface area (Å²) in [6.07, 6.45) is 0.0364. The van der Waals surface area contributed by atoms with Gasteiger partial charge in [-0.15, -0.1) is 0 Å². The highest BCUT2D eigenvalue weighted by atomic mass is 32.2. The zero-order valence-corrected chi connectivity index (χ0v) is 35.4. The Morgan fingerprint density at radius 2 is 0.942 bits per heavy atom. The minimum Gasteiger partial charge on any atom is -0.380 e. The average molecular weight is 1030 g/mol. The molecule has 8 bridgehead atoms. The van der Waals surface area contributed by atoms with Crippen molar-refractivity contribution in [3.05, 3.63) is 162 Å². The summed E-state index contributed by atoms with van der Waals surface area (Å²) >= 11 is 0. The molecule has 8 rings (SSSR count). The smallest absolute Gasteiger partial charge is 0.314 e. The van der Waals surface area contributed by atoms with Crippen LogP contribution in [0, 0.1) is 81.4 Å². The number of nitrogens with one attached hydrogen (secondary N) is 5. The fourth-order valence-corrected chi connectivity index (χ4v) is 9.22. The summed E-state index contributed by atoms with van der Waals surface area (Å²) in [6.45, 7) is 1.22.